The summed E-state index contributed by atoms with van der Waals surface area (Å²) in [4.78, 5) is 11.9. The van der Waals surface area contributed by atoms with Crippen LogP contribution in [0.1, 0.15) is 40.0 Å². The van der Waals surface area contributed by atoms with Crippen LogP contribution in [0.15, 0.2) is 0 Å². The van der Waals surface area contributed by atoms with Gasteiger partial charge in [-0.2, -0.15) is 0 Å². The third-order valence-electron chi connectivity index (χ3n) is 5.66. The maximum absolute atomic E-state index is 11.9. The molecule has 1 spiro atoms. The smallest absolute Gasteiger partial charge is 0.139 e. The summed E-state index contributed by atoms with van der Waals surface area (Å²) in [6.45, 7) is 6.93. The molecule has 0 aromatic heterocycles. The first-order valence-corrected chi connectivity index (χ1v) is 5.56. The summed E-state index contributed by atoms with van der Waals surface area (Å²) in [5.41, 5.74) is 0.541. The summed E-state index contributed by atoms with van der Waals surface area (Å²) in [6, 6.07) is 0. The van der Waals surface area contributed by atoms with Gasteiger partial charge in [0.25, 0.3) is 0 Å². The topological polar surface area (TPSA) is 17.1 Å². The SMILES string of the molecule is CC1CC2CC(=O)C3(C)CC(C)C123. The van der Waals surface area contributed by atoms with Crippen molar-refractivity contribution in [3.05, 3.63) is 0 Å². The van der Waals surface area contributed by atoms with Crippen molar-refractivity contribution in [3.63, 3.8) is 0 Å². The highest BCUT2D eigenvalue weighted by molar-refractivity contribution is 5.90. The molecule has 0 bridgehead atoms. The summed E-state index contributed by atoms with van der Waals surface area (Å²) in [6.07, 6.45) is 3.36. The molecule has 3 rings (SSSR count). The van der Waals surface area contributed by atoms with Crippen LogP contribution in [-0.2, 0) is 4.79 Å². The number of Topliss-reactive ketones (excluding diaryl/α,β-unsaturated/α-hetero) is 1. The van der Waals surface area contributed by atoms with Crippen LogP contribution in [0.25, 0.3) is 0 Å². The standard InChI is InChI=1S/C12H18O/c1-7-4-9-5-10(13)11(3)6-8(2)12(7,9)11/h7-9H,4-6H2,1-3H3. The molecule has 0 aromatic rings. The van der Waals surface area contributed by atoms with E-state index in [1.165, 1.54) is 6.42 Å². The monoisotopic (exact) mass is 178 g/mol. The Labute approximate surface area is 79.9 Å². The number of carbonyl (C=O) groups excluding carboxylic acids is 1. The molecule has 1 heteroatoms. The van der Waals surface area contributed by atoms with Gasteiger partial charge in [-0.05, 0) is 36.0 Å². The number of carbonyl (C=O) groups is 1. The second-order valence-electron chi connectivity index (χ2n) is 5.83. The molecule has 0 saturated heterocycles. The van der Waals surface area contributed by atoms with Crippen molar-refractivity contribution in [2.24, 2.45) is 28.6 Å². The molecule has 0 heterocycles. The van der Waals surface area contributed by atoms with Gasteiger partial charge in [-0.25, -0.2) is 0 Å². The highest BCUT2D eigenvalue weighted by Crippen LogP contribution is 2.79. The lowest BCUT2D eigenvalue weighted by Gasteiger charge is -2.69. The zero-order valence-electron chi connectivity index (χ0n) is 8.76. The van der Waals surface area contributed by atoms with Crippen LogP contribution in [-0.4, -0.2) is 5.78 Å². The van der Waals surface area contributed by atoms with Crippen LogP contribution < -0.4 is 0 Å². The second-order valence-corrected chi connectivity index (χ2v) is 5.83. The van der Waals surface area contributed by atoms with Crippen LogP contribution in [0.3, 0.4) is 0 Å². The third kappa shape index (κ3) is 0.523. The van der Waals surface area contributed by atoms with E-state index in [9.17, 15) is 4.79 Å². The minimum atomic E-state index is 0.0920. The molecular formula is C12H18O. The van der Waals surface area contributed by atoms with E-state index in [1.54, 1.807) is 0 Å². The lowest BCUT2D eigenvalue weighted by atomic mass is 9.34. The van der Waals surface area contributed by atoms with Crippen molar-refractivity contribution in [1.82, 2.24) is 0 Å². The van der Waals surface area contributed by atoms with Gasteiger partial charge in [0.15, 0.2) is 0 Å². The first kappa shape index (κ1) is 8.02. The Balaban J connectivity index is 2.10. The van der Waals surface area contributed by atoms with Crippen LogP contribution >= 0.6 is 0 Å². The quantitative estimate of drug-likeness (QED) is 0.557. The van der Waals surface area contributed by atoms with E-state index in [1.807, 2.05) is 0 Å². The maximum Gasteiger partial charge on any atom is 0.139 e. The normalized spacial score (nSPS) is 63.6. The predicted octanol–water partition coefficient (Wildman–Crippen LogP) is 2.65. The molecule has 5 unspecified atom stereocenters. The van der Waals surface area contributed by atoms with Crippen LogP contribution in [0, 0.1) is 28.6 Å². The number of rotatable bonds is 0. The first-order chi connectivity index (χ1) is 6.03. The van der Waals surface area contributed by atoms with E-state index in [4.69, 9.17) is 0 Å². The van der Waals surface area contributed by atoms with Gasteiger partial charge in [0.05, 0.1) is 0 Å². The molecule has 1 nitrogen and oxygen atoms in total. The Morgan fingerprint density at radius 1 is 1.31 bits per heavy atom. The fourth-order valence-electron chi connectivity index (χ4n) is 5.37. The van der Waals surface area contributed by atoms with Gasteiger partial charge < -0.3 is 0 Å². The van der Waals surface area contributed by atoms with Crippen LogP contribution in [0.4, 0.5) is 0 Å². The molecule has 0 amide bonds. The Bertz CT molecular complexity index is 289. The fraction of sp³-hybridized carbons (Fsp3) is 0.917. The Morgan fingerprint density at radius 2 is 2.00 bits per heavy atom. The highest BCUT2D eigenvalue weighted by atomic mass is 16.1. The Morgan fingerprint density at radius 3 is 2.38 bits per heavy atom. The number of hydrogen-bond acceptors (Lipinski definition) is 1. The van der Waals surface area contributed by atoms with E-state index in [2.05, 4.69) is 20.8 Å². The molecule has 5 atom stereocenters. The molecule has 3 aliphatic carbocycles. The van der Waals surface area contributed by atoms with Crippen LogP contribution in [0.5, 0.6) is 0 Å². The van der Waals surface area contributed by atoms with Crippen molar-refractivity contribution in [2.75, 3.05) is 0 Å². The Hall–Kier alpha value is -0.330. The third-order valence-corrected chi connectivity index (χ3v) is 5.66. The summed E-state index contributed by atoms with van der Waals surface area (Å²) in [7, 11) is 0. The van der Waals surface area contributed by atoms with Gasteiger partial charge in [0.1, 0.15) is 5.78 Å². The summed E-state index contributed by atoms with van der Waals surface area (Å²) in [5, 5.41) is 0. The van der Waals surface area contributed by atoms with Gasteiger partial charge in [0, 0.05) is 11.8 Å². The van der Waals surface area contributed by atoms with Gasteiger partial charge in [-0.3, -0.25) is 4.79 Å². The lowest BCUT2D eigenvalue weighted by molar-refractivity contribution is -0.221. The van der Waals surface area contributed by atoms with E-state index in [0.717, 1.165) is 30.6 Å². The van der Waals surface area contributed by atoms with Crippen LogP contribution in [0.2, 0.25) is 0 Å². The molecule has 0 aromatic carbocycles. The fourth-order valence-corrected chi connectivity index (χ4v) is 5.37. The van der Waals surface area contributed by atoms with Crippen molar-refractivity contribution in [2.45, 2.75) is 40.0 Å². The molecule has 0 aliphatic heterocycles. The largest absolute Gasteiger partial charge is 0.299 e. The van der Waals surface area contributed by atoms with Gasteiger partial charge in [0.2, 0.25) is 0 Å². The molecule has 0 radical (unpaired) electrons. The highest BCUT2D eigenvalue weighted by Gasteiger charge is 2.77. The molecule has 0 N–H and O–H groups in total. The minimum absolute atomic E-state index is 0.0920. The molecule has 72 valence electrons. The Kier molecular flexibility index (Phi) is 1.15. The average molecular weight is 178 g/mol. The van der Waals surface area contributed by atoms with E-state index in [0.29, 0.717) is 11.2 Å². The molecule has 13 heavy (non-hydrogen) atoms. The summed E-state index contributed by atoms with van der Waals surface area (Å²) >= 11 is 0. The molecule has 3 aliphatic rings. The zero-order chi connectivity index (χ0) is 9.43. The lowest BCUT2D eigenvalue weighted by Crippen LogP contribution is -2.66. The van der Waals surface area contributed by atoms with Gasteiger partial charge in [-0.1, -0.05) is 20.8 Å². The van der Waals surface area contributed by atoms with Crippen molar-refractivity contribution < 1.29 is 4.79 Å². The van der Waals surface area contributed by atoms with E-state index < -0.39 is 0 Å². The number of hydrogen-bond donors (Lipinski definition) is 0. The second kappa shape index (κ2) is 1.87. The molecule has 3 fully saturated rings. The molecule has 3 saturated carbocycles. The summed E-state index contributed by atoms with van der Waals surface area (Å²) < 4.78 is 0. The molecular weight excluding hydrogens is 160 g/mol. The van der Waals surface area contributed by atoms with Crippen molar-refractivity contribution in [3.8, 4) is 0 Å². The van der Waals surface area contributed by atoms with Crippen molar-refractivity contribution >= 4 is 5.78 Å². The summed E-state index contributed by atoms with van der Waals surface area (Å²) in [5.74, 6) is 2.93. The van der Waals surface area contributed by atoms with E-state index in [-0.39, 0.29) is 5.41 Å². The average Bonchev–Trinajstić information content (AvgIpc) is 2.13. The number of ketones is 1. The van der Waals surface area contributed by atoms with Gasteiger partial charge >= 0.3 is 0 Å². The van der Waals surface area contributed by atoms with Crippen molar-refractivity contribution in [1.29, 1.82) is 0 Å². The van der Waals surface area contributed by atoms with Gasteiger partial charge in [-0.15, -0.1) is 0 Å². The first-order valence-electron chi connectivity index (χ1n) is 5.56. The predicted molar refractivity (Wildman–Crippen MR) is 51.2 cm³/mol. The minimum Gasteiger partial charge on any atom is -0.299 e. The van der Waals surface area contributed by atoms with E-state index >= 15 is 0 Å². The zero-order valence-corrected chi connectivity index (χ0v) is 8.76. The maximum atomic E-state index is 11.9.